The van der Waals surface area contributed by atoms with E-state index in [0.29, 0.717) is 10.6 Å². The van der Waals surface area contributed by atoms with Crippen molar-refractivity contribution in [3.8, 4) is 0 Å². The van der Waals surface area contributed by atoms with Crippen LogP contribution in [0.25, 0.3) is 0 Å². The minimum absolute atomic E-state index is 0.224. The van der Waals surface area contributed by atoms with Crippen LogP contribution in [-0.2, 0) is 4.79 Å². The third-order valence-corrected chi connectivity index (χ3v) is 1.82. The number of nitrogens with zero attached hydrogens (tertiary/aromatic N) is 1. The fourth-order valence-electron chi connectivity index (χ4n) is 1.02. The van der Waals surface area contributed by atoms with Gasteiger partial charge in [-0.25, -0.2) is 10.9 Å². The average molecular weight is 204 g/mol. The Morgan fingerprint density at radius 3 is 2.27 bits per heavy atom. The smallest absolute Gasteiger partial charge is 0.268 e. The zero-order chi connectivity index (χ0) is 11.4. The predicted molar refractivity (Wildman–Crippen MR) is 56.6 cm³/mol. The lowest BCUT2D eigenvalue weighted by molar-refractivity contribution is -0.124. The molecule has 0 aliphatic carbocycles. The summed E-state index contributed by atoms with van der Waals surface area (Å²) < 4.78 is 0. The van der Waals surface area contributed by atoms with Crippen molar-refractivity contribution in [1.82, 2.24) is 5.01 Å². The van der Waals surface area contributed by atoms with Gasteiger partial charge in [-0.1, -0.05) is 24.8 Å². The van der Waals surface area contributed by atoms with Gasteiger partial charge in [-0.05, 0) is 19.1 Å². The van der Waals surface area contributed by atoms with Crippen molar-refractivity contribution in [2.24, 2.45) is 5.84 Å². The summed E-state index contributed by atoms with van der Waals surface area (Å²) >= 11 is 0. The molecule has 0 saturated heterocycles. The Bertz CT molecular complexity index is 398. The zero-order valence-electron chi connectivity index (χ0n) is 8.43. The lowest BCUT2D eigenvalue weighted by Crippen LogP contribution is -2.42. The van der Waals surface area contributed by atoms with Crippen LogP contribution in [0.15, 0.2) is 42.5 Å². The van der Waals surface area contributed by atoms with Crippen LogP contribution in [0.4, 0.5) is 0 Å². The Kier molecular flexibility index (Phi) is 3.36. The van der Waals surface area contributed by atoms with Crippen molar-refractivity contribution in [2.45, 2.75) is 6.92 Å². The SMILES string of the molecule is C=C(C)C(=O)N(N)C(=O)c1ccccc1. The lowest BCUT2D eigenvalue weighted by atomic mass is 10.2. The van der Waals surface area contributed by atoms with Gasteiger partial charge in [0.25, 0.3) is 11.8 Å². The van der Waals surface area contributed by atoms with Gasteiger partial charge in [0.15, 0.2) is 0 Å². The van der Waals surface area contributed by atoms with Crippen LogP contribution in [0.3, 0.4) is 0 Å². The molecule has 4 heteroatoms. The van der Waals surface area contributed by atoms with Crippen molar-refractivity contribution < 1.29 is 9.59 Å². The van der Waals surface area contributed by atoms with Gasteiger partial charge in [0.1, 0.15) is 0 Å². The summed E-state index contributed by atoms with van der Waals surface area (Å²) in [5.41, 5.74) is 0.594. The van der Waals surface area contributed by atoms with E-state index >= 15 is 0 Å². The van der Waals surface area contributed by atoms with Crippen LogP contribution < -0.4 is 5.84 Å². The Balaban J connectivity index is 2.87. The van der Waals surface area contributed by atoms with Gasteiger partial charge in [-0.15, -0.1) is 0 Å². The molecule has 15 heavy (non-hydrogen) atoms. The number of hydrogen-bond donors (Lipinski definition) is 1. The largest absolute Gasteiger partial charge is 0.275 e. The summed E-state index contributed by atoms with van der Waals surface area (Å²) in [5, 5.41) is 0.567. The topological polar surface area (TPSA) is 63.4 Å². The predicted octanol–water partition coefficient (Wildman–Crippen LogP) is 1.11. The molecule has 1 rings (SSSR count). The van der Waals surface area contributed by atoms with Crippen molar-refractivity contribution in [2.75, 3.05) is 0 Å². The molecule has 78 valence electrons. The van der Waals surface area contributed by atoms with Gasteiger partial charge < -0.3 is 0 Å². The molecule has 0 radical (unpaired) electrons. The molecule has 0 aliphatic heterocycles. The van der Waals surface area contributed by atoms with Crippen LogP contribution in [0.5, 0.6) is 0 Å². The van der Waals surface area contributed by atoms with Crippen LogP contribution >= 0.6 is 0 Å². The molecule has 0 saturated carbocycles. The third kappa shape index (κ3) is 2.51. The Hall–Kier alpha value is -1.94. The molecule has 4 nitrogen and oxygen atoms in total. The molecule has 0 heterocycles. The summed E-state index contributed by atoms with van der Waals surface area (Å²) in [6.45, 7) is 4.93. The Morgan fingerprint density at radius 2 is 1.80 bits per heavy atom. The standard InChI is InChI=1S/C11H12N2O2/c1-8(2)10(14)13(12)11(15)9-6-4-3-5-7-9/h3-7H,1,12H2,2H3. The van der Waals surface area contributed by atoms with E-state index in [9.17, 15) is 9.59 Å². The van der Waals surface area contributed by atoms with Crippen molar-refractivity contribution in [3.05, 3.63) is 48.0 Å². The van der Waals surface area contributed by atoms with Crippen LogP contribution in [-0.4, -0.2) is 16.8 Å². The quantitative estimate of drug-likeness (QED) is 0.339. The van der Waals surface area contributed by atoms with E-state index in [1.807, 2.05) is 0 Å². The molecule has 1 aromatic carbocycles. The molecule has 0 aromatic heterocycles. The molecule has 0 fully saturated rings. The van der Waals surface area contributed by atoms with Gasteiger partial charge in [0.2, 0.25) is 0 Å². The molecule has 0 bridgehead atoms. The maximum absolute atomic E-state index is 11.6. The summed E-state index contributed by atoms with van der Waals surface area (Å²) in [7, 11) is 0. The van der Waals surface area contributed by atoms with Gasteiger partial charge >= 0.3 is 0 Å². The minimum atomic E-state index is -0.580. The second-order valence-electron chi connectivity index (χ2n) is 3.13. The molecule has 0 aliphatic rings. The molecule has 2 amide bonds. The number of hydrogen-bond acceptors (Lipinski definition) is 3. The molecule has 2 N–H and O–H groups in total. The molecule has 0 atom stereocenters. The summed E-state index contributed by atoms with van der Waals surface area (Å²) in [4.78, 5) is 23.0. The number of rotatable bonds is 2. The molecular formula is C11H12N2O2. The molecular weight excluding hydrogens is 192 g/mol. The lowest BCUT2D eigenvalue weighted by Gasteiger charge is -2.14. The second kappa shape index (κ2) is 4.52. The van der Waals surface area contributed by atoms with Gasteiger partial charge in [-0.2, -0.15) is 0 Å². The maximum Gasteiger partial charge on any atom is 0.275 e. The average Bonchev–Trinajstić information content (AvgIpc) is 2.27. The van der Waals surface area contributed by atoms with Crippen molar-refractivity contribution in [1.29, 1.82) is 0 Å². The molecule has 1 aromatic rings. The van der Waals surface area contributed by atoms with Crippen LogP contribution in [0.2, 0.25) is 0 Å². The first kappa shape index (κ1) is 11.1. The number of imide groups is 1. The van der Waals surface area contributed by atoms with Crippen molar-refractivity contribution >= 4 is 11.8 Å². The first-order chi connectivity index (χ1) is 7.04. The first-order valence-electron chi connectivity index (χ1n) is 4.38. The molecule has 0 unspecified atom stereocenters. The van der Waals surface area contributed by atoms with Crippen LogP contribution in [0.1, 0.15) is 17.3 Å². The fourth-order valence-corrected chi connectivity index (χ4v) is 1.02. The van der Waals surface area contributed by atoms with E-state index in [0.717, 1.165) is 0 Å². The third-order valence-electron chi connectivity index (χ3n) is 1.82. The zero-order valence-corrected chi connectivity index (χ0v) is 8.43. The van der Waals surface area contributed by atoms with E-state index in [1.165, 1.54) is 6.92 Å². The highest BCUT2D eigenvalue weighted by atomic mass is 16.2. The number of benzene rings is 1. The highest BCUT2D eigenvalue weighted by Gasteiger charge is 2.19. The summed E-state index contributed by atoms with van der Waals surface area (Å²) in [6.07, 6.45) is 0. The highest BCUT2D eigenvalue weighted by Crippen LogP contribution is 2.04. The normalized spacial score (nSPS) is 9.47. The summed E-state index contributed by atoms with van der Waals surface area (Å²) in [6, 6.07) is 8.36. The monoisotopic (exact) mass is 204 g/mol. The number of amides is 2. The van der Waals surface area contributed by atoms with Crippen LogP contribution in [0, 0.1) is 0 Å². The van der Waals surface area contributed by atoms with E-state index < -0.39 is 11.8 Å². The number of carbonyl (C=O) groups is 2. The Morgan fingerprint density at radius 1 is 1.27 bits per heavy atom. The minimum Gasteiger partial charge on any atom is -0.268 e. The van der Waals surface area contributed by atoms with Crippen molar-refractivity contribution in [3.63, 3.8) is 0 Å². The van der Waals surface area contributed by atoms with E-state index in [2.05, 4.69) is 6.58 Å². The fraction of sp³-hybridized carbons (Fsp3) is 0.0909. The second-order valence-corrected chi connectivity index (χ2v) is 3.13. The number of nitrogens with two attached hydrogens (primary N) is 1. The van der Waals surface area contributed by atoms with Gasteiger partial charge in [0, 0.05) is 11.1 Å². The molecule has 0 spiro atoms. The van der Waals surface area contributed by atoms with E-state index in [4.69, 9.17) is 5.84 Å². The van der Waals surface area contributed by atoms with Gasteiger partial charge in [0.05, 0.1) is 0 Å². The summed E-state index contributed by atoms with van der Waals surface area (Å²) in [5.74, 6) is 4.25. The maximum atomic E-state index is 11.6. The first-order valence-corrected chi connectivity index (χ1v) is 4.38. The number of carbonyl (C=O) groups excluding carboxylic acids is 2. The number of hydrazine groups is 1. The van der Waals surface area contributed by atoms with Gasteiger partial charge in [-0.3, -0.25) is 9.59 Å². The Labute approximate surface area is 88.0 Å². The van der Waals surface area contributed by atoms with E-state index in [1.54, 1.807) is 30.3 Å². The van der Waals surface area contributed by atoms with E-state index in [-0.39, 0.29) is 5.57 Å². The highest BCUT2D eigenvalue weighted by molar-refractivity contribution is 6.08.